The van der Waals surface area contributed by atoms with E-state index in [1.807, 2.05) is 38.1 Å². The van der Waals surface area contributed by atoms with Crippen LogP contribution in [0.1, 0.15) is 51.5 Å². The Balaban J connectivity index is 0.00000280. The molecule has 2 bridgehead atoms. The second kappa shape index (κ2) is 11.1. The number of hydrogen-bond donors (Lipinski definition) is 2. The van der Waals surface area contributed by atoms with Crippen LogP contribution < -0.4 is 11.1 Å². The highest BCUT2D eigenvalue weighted by Gasteiger charge is 2.40. The lowest BCUT2D eigenvalue weighted by atomic mass is 9.65. The second-order valence-electron chi connectivity index (χ2n) is 8.36. The van der Waals surface area contributed by atoms with E-state index in [9.17, 15) is 4.79 Å². The van der Waals surface area contributed by atoms with Crippen LogP contribution in [-0.4, -0.2) is 31.3 Å². The van der Waals surface area contributed by atoms with Crippen molar-refractivity contribution in [3.8, 4) is 0 Å². The lowest BCUT2D eigenvalue weighted by Gasteiger charge is -2.43. The zero-order chi connectivity index (χ0) is 19.2. The van der Waals surface area contributed by atoms with Crippen molar-refractivity contribution in [2.24, 2.45) is 23.5 Å². The van der Waals surface area contributed by atoms with Crippen molar-refractivity contribution in [3.05, 3.63) is 29.8 Å². The van der Waals surface area contributed by atoms with Crippen molar-refractivity contribution in [1.82, 2.24) is 0 Å². The molecular formula is C22H35ClN2O3. The molecule has 0 aliphatic heterocycles. The summed E-state index contributed by atoms with van der Waals surface area (Å²) in [6, 6.07) is 8.21. The first-order valence-corrected chi connectivity index (χ1v) is 10.4. The molecule has 2 saturated carbocycles. The highest BCUT2D eigenvalue weighted by atomic mass is 35.5. The van der Waals surface area contributed by atoms with Gasteiger partial charge in [0.05, 0.1) is 25.9 Å². The van der Waals surface area contributed by atoms with Crippen LogP contribution in [-0.2, 0) is 20.9 Å². The quantitative estimate of drug-likeness (QED) is 0.631. The number of halogens is 1. The molecule has 0 saturated heterocycles. The third-order valence-corrected chi connectivity index (χ3v) is 5.93. The molecule has 2 fully saturated rings. The highest BCUT2D eigenvalue weighted by molar-refractivity contribution is 5.92. The number of nitrogens with one attached hydrogen (secondary N) is 1. The molecule has 2 aliphatic rings. The Labute approximate surface area is 175 Å². The van der Waals surface area contributed by atoms with Crippen LogP contribution in [0.4, 0.5) is 5.69 Å². The predicted molar refractivity (Wildman–Crippen MR) is 115 cm³/mol. The predicted octanol–water partition coefficient (Wildman–Crippen LogP) is 4.14. The Morgan fingerprint density at radius 2 is 1.93 bits per heavy atom. The fraction of sp³-hybridized carbons (Fsp3) is 0.682. The van der Waals surface area contributed by atoms with Gasteiger partial charge in [-0.2, -0.15) is 0 Å². The number of fused-ring (bicyclic) bond motifs is 2. The molecule has 3 rings (SSSR count). The lowest BCUT2D eigenvalue weighted by molar-refractivity contribution is -0.122. The number of amides is 1. The summed E-state index contributed by atoms with van der Waals surface area (Å²) in [5.41, 5.74) is 8.25. The number of carbonyl (C=O) groups excluding carboxylic acids is 1. The Morgan fingerprint density at radius 1 is 1.21 bits per heavy atom. The van der Waals surface area contributed by atoms with Gasteiger partial charge in [-0.25, -0.2) is 0 Å². The van der Waals surface area contributed by atoms with Gasteiger partial charge in [0.2, 0.25) is 5.91 Å². The maximum absolute atomic E-state index is 12.8. The summed E-state index contributed by atoms with van der Waals surface area (Å²) in [5.74, 6) is 1.26. The smallest absolute Gasteiger partial charge is 0.227 e. The molecular weight excluding hydrogens is 376 g/mol. The summed E-state index contributed by atoms with van der Waals surface area (Å²) < 4.78 is 11.1. The van der Waals surface area contributed by atoms with Crippen LogP contribution in [0.5, 0.6) is 0 Å². The molecule has 0 heterocycles. The number of ether oxygens (including phenoxy) is 2. The molecule has 6 heteroatoms. The molecule has 3 N–H and O–H groups in total. The monoisotopic (exact) mass is 410 g/mol. The molecule has 0 radical (unpaired) electrons. The number of carbonyl (C=O) groups is 1. The van der Waals surface area contributed by atoms with Crippen LogP contribution in [0.25, 0.3) is 0 Å². The topological polar surface area (TPSA) is 73.6 Å². The van der Waals surface area contributed by atoms with E-state index in [0.717, 1.165) is 24.1 Å². The molecule has 5 nitrogen and oxygen atoms in total. The first-order valence-electron chi connectivity index (χ1n) is 10.4. The zero-order valence-corrected chi connectivity index (χ0v) is 17.9. The summed E-state index contributed by atoms with van der Waals surface area (Å²) in [5, 5.41) is 3.11. The molecule has 0 aromatic heterocycles. The van der Waals surface area contributed by atoms with Gasteiger partial charge in [-0.1, -0.05) is 18.6 Å². The first kappa shape index (κ1) is 23.1. The maximum atomic E-state index is 12.8. The van der Waals surface area contributed by atoms with Crippen LogP contribution in [0.15, 0.2) is 24.3 Å². The van der Waals surface area contributed by atoms with Gasteiger partial charge >= 0.3 is 0 Å². The Bertz CT molecular complexity index is 612. The van der Waals surface area contributed by atoms with Crippen molar-refractivity contribution in [2.75, 3.05) is 18.5 Å². The summed E-state index contributed by atoms with van der Waals surface area (Å²) >= 11 is 0. The summed E-state index contributed by atoms with van der Waals surface area (Å²) in [6.45, 7) is 5.71. The lowest BCUT2D eigenvalue weighted by Crippen LogP contribution is -2.48. The fourth-order valence-electron chi connectivity index (χ4n) is 4.52. The molecule has 28 heavy (non-hydrogen) atoms. The van der Waals surface area contributed by atoms with Gasteiger partial charge in [-0.05, 0) is 69.1 Å². The third kappa shape index (κ3) is 6.45. The van der Waals surface area contributed by atoms with Gasteiger partial charge < -0.3 is 20.5 Å². The van der Waals surface area contributed by atoms with Gasteiger partial charge in [-0.3, -0.25) is 4.79 Å². The molecule has 158 valence electrons. The average Bonchev–Trinajstić information content (AvgIpc) is 2.61. The third-order valence-electron chi connectivity index (χ3n) is 5.93. The minimum Gasteiger partial charge on any atom is -0.376 e. The molecule has 1 aromatic rings. The number of hydrogen-bond acceptors (Lipinski definition) is 4. The van der Waals surface area contributed by atoms with Crippen molar-refractivity contribution in [3.63, 3.8) is 0 Å². The number of benzene rings is 1. The number of anilines is 1. The minimum atomic E-state index is 0. The van der Waals surface area contributed by atoms with Gasteiger partial charge in [0.1, 0.15) is 0 Å². The van der Waals surface area contributed by atoms with E-state index in [1.165, 1.54) is 19.3 Å². The average molecular weight is 411 g/mol. The van der Waals surface area contributed by atoms with E-state index < -0.39 is 0 Å². The second-order valence-corrected chi connectivity index (χ2v) is 8.36. The van der Waals surface area contributed by atoms with E-state index in [1.54, 1.807) is 0 Å². The van der Waals surface area contributed by atoms with Crippen LogP contribution in [0.3, 0.4) is 0 Å². The van der Waals surface area contributed by atoms with Gasteiger partial charge in [0.25, 0.3) is 0 Å². The Kier molecular flexibility index (Phi) is 9.22. The summed E-state index contributed by atoms with van der Waals surface area (Å²) in [6.07, 6.45) is 5.70. The van der Waals surface area contributed by atoms with Crippen molar-refractivity contribution < 1.29 is 14.3 Å². The molecule has 1 amide bonds. The van der Waals surface area contributed by atoms with Crippen molar-refractivity contribution >= 4 is 24.0 Å². The van der Waals surface area contributed by atoms with Crippen LogP contribution in [0.2, 0.25) is 0 Å². The maximum Gasteiger partial charge on any atom is 0.227 e. The SMILES string of the molecule is CC(C)OCCOCc1cccc(NC(=O)C2CC3CCCC(C2)C3N)c1.Cl. The molecule has 2 aliphatic carbocycles. The van der Waals surface area contributed by atoms with Crippen LogP contribution in [0, 0.1) is 17.8 Å². The van der Waals surface area contributed by atoms with Crippen molar-refractivity contribution in [1.29, 1.82) is 0 Å². The molecule has 1 aromatic carbocycles. The normalized spacial score (nSPS) is 26.6. The van der Waals surface area contributed by atoms with E-state index in [0.29, 0.717) is 37.7 Å². The summed E-state index contributed by atoms with van der Waals surface area (Å²) in [7, 11) is 0. The fourth-order valence-corrected chi connectivity index (χ4v) is 4.52. The van der Waals surface area contributed by atoms with Gasteiger partial charge in [-0.15, -0.1) is 12.4 Å². The minimum absolute atomic E-state index is 0. The van der Waals surface area contributed by atoms with Crippen LogP contribution >= 0.6 is 12.4 Å². The number of rotatable bonds is 8. The molecule has 0 spiro atoms. The first-order chi connectivity index (χ1) is 13.0. The van der Waals surface area contributed by atoms with Gasteiger partial charge in [0, 0.05) is 17.6 Å². The molecule has 2 unspecified atom stereocenters. The molecule has 2 atom stereocenters. The highest BCUT2D eigenvalue weighted by Crippen LogP contribution is 2.42. The van der Waals surface area contributed by atoms with E-state index in [2.05, 4.69) is 5.32 Å². The largest absolute Gasteiger partial charge is 0.376 e. The van der Waals surface area contributed by atoms with E-state index in [-0.39, 0.29) is 30.3 Å². The summed E-state index contributed by atoms with van der Waals surface area (Å²) in [4.78, 5) is 12.8. The zero-order valence-electron chi connectivity index (χ0n) is 17.1. The van der Waals surface area contributed by atoms with Gasteiger partial charge in [0.15, 0.2) is 0 Å². The standard InChI is InChI=1S/C22H34N2O3.ClH/c1-15(2)27-10-9-26-14-16-5-3-8-20(11-16)24-22(25)19-12-17-6-4-7-18(13-19)21(17)23;/h3,5,8,11,15,17-19,21H,4,6-7,9-10,12-14,23H2,1-2H3,(H,24,25);1H. The van der Waals surface area contributed by atoms with E-state index in [4.69, 9.17) is 15.2 Å². The van der Waals surface area contributed by atoms with E-state index >= 15 is 0 Å². The Morgan fingerprint density at radius 3 is 2.61 bits per heavy atom. The van der Waals surface area contributed by atoms with Crippen molar-refractivity contribution in [2.45, 2.75) is 64.7 Å². The number of nitrogens with two attached hydrogens (primary N) is 1. The Hall–Kier alpha value is -1.14.